The Morgan fingerprint density at radius 1 is 1.07 bits per heavy atom. The smallest absolute Gasteiger partial charge is 0.0774 e. The second kappa shape index (κ2) is 4.42. The van der Waals surface area contributed by atoms with E-state index >= 15 is 0 Å². The van der Waals surface area contributed by atoms with Gasteiger partial charge in [0, 0.05) is 19.6 Å². The fourth-order valence-corrected chi connectivity index (χ4v) is 3.16. The van der Waals surface area contributed by atoms with Crippen molar-refractivity contribution in [1.82, 2.24) is 4.90 Å². The largest absolute Gasteiger partial charge is 0.389 e. The van der Waals surface area contributed by atoms with E-state index in [1.807, 2.05) is 0 Å². The monoisotopic (exact) mass is 211 g/mol. The lowest BCUT2D eigenvalue weighted by Crippen LogP contribution is -2.43. The molecule has 2 atom stereocenters. The predicted octanol–water partition coefficient (Wildman–Crippen LogP) is 2.27. The fourth-order valence-electron chi connectivity index (χ4n) is 3.16. The van der Waals surface area contributed by atoms with Crippen LogP contribution in [0.4, 0.5) is 0 Å². The maximum atomic E-state index is 10.5. The number of rotatable bonds is 2. The first-order valence-electron chi connectivity index (χ1n) is 6.54. The summed E-state index contributed by atoms with van der Waals surface area (Å²) in [6.45, 7) is 7.94. The van der Waals surface area contributed by atoms with Crippen LogP contribution in [0.1, 0.15) is 46.0 Å². The molecular formula is C13H25NO. The van der Waals surface area contributed by atoms with E-state index < -0.39 is 0 Å². The van der Waals surface area contributed by atoms with Crippen LogP contribution in [0, 0.1) is 11.8 Å². The number of likely N-dealkylation sites (tertiary alicyclic amines) is 1. The van der Waals surface area contributed by atoms with Crippen LogP contribution in [-0.4, -0.2) is 35.2 Å². The maximum Gasteiger partial charge on any atom is 0.0774 e. The molecule has 2 nitrogen and oxygen atoms in total. The van der Waals surface area contributed by atoms with E-state index in [-0.39, 0.29) is 5.60 Å². The van der Waals surface area contributed by atoms with E-state index in [4.69, 9.17) is 0 Å². The van der Waals surface area contributed by atoms with Gasteiger partial charge in [-0.1, -0.05) is 33.1 Å². The molecule has 0 radical (unpaired) electrons. The molecule has 0 bridgehead atoms. The Morgan fingerprint density at radius 2 is 1.60 bits per heavy atom. The van der Waals surface area contributed by atoms with Crippen molar-refractivity contribution in [3.05, 3.63) is 0 Å². The summed E-state index contributed by atoms with van der Waals surface area (Å²) in [5, 5.41) is 10.5. The summed E-state index contributed by atoms with van der Waals surface area (Å²) < 4.78 is 0. The molecule has 2 unspecified atom stereocenters. The zero-order chi connectivity index (χ0) is 10.9. The van der Waals surface area contributed by atoms with Gasteiger partial charge < -0.3 is 5.11 Å². The van der Waals surface area contributed by atoms with Gasteiger partial charge in [0.1, 0.15) is 0 Å². The average Bonchev–Trinajstić information content (AvgIpc) is 2.46. The molecule has 2 aliphatic rings. The molecule has 2 heteroatoms. The van der Waals surface area contributed by atoms with Gasteiger partial charge in [-0.3, -0.25) is 4.90 Å². The van der Waals surface area contributed by atoms with Crippen LogP contribution in [0.3, 0.4) is 0 Å². The summed E-state index contributed by atoms with van der Waals surface area (Å²) in [5.41, 5.74) is -0.359. The summed E-state index contributed by atoms with van der Waals surface area (Å²) in [4.78, 5) is 2.47. The van der Waals surface area contributed by atoms with Crippen LogP contribution in [0.5, 0.6) is 0 Å². The molecular weight excluding hydrogens is 186 g/mol. The quantitative estimate of drug-likeness (QED) is 0.757. The maximum absolute atomic E-state index is 10.5. The third-order valence-electron chi connectivity index (χ3n) is 4.37. The summed E-state index contributed by atoms with van der Waals surface area (Å²) in [6, 6.07) is 0. The Labute approximate surface area is 93.7 Å². The Morgan fingerprint density at radius 3 is 2.13 bits per heavy atom. The zero-order valence-corrected chi connectivity index (χ0v) is 10.2. The summed E-state index contributed by atoms with van der Waals surface area (Å²) >= 11 is 0. The minimum atomic E-state index is -0.359. The molecule has 1 saturated heterocycles. The van der Waals surface area contributed by atoms with Crippen molar-refractivity contribution in [3.63, 3.8) is 0 Å². The lowest BCUT2D eigenvalue weighted by Gasteiger charge is -2.35. The summed E-state index contributed by atoms with van der Waals surface area (Å²) in [5.74, 6) is 1.61. The van der Waals surface area contributed by atoms with Gasteiger partial charge >= 0.3 is 0 Å². The fraction of sp³-hybridized carbons (Fsp3) is 1.00. The Kier molecular flexibility index (Phi) is 3.36. The summed E-state index contributed by atoms with van der Waals surface area (Å²) in [6.07, 6.45) is 5.79. The van der Waals surface area contributed by atoms with Crippen molar-refractivity contribution in [2.24, 2.45) is 11.8 Å². The topological polar surface area (TPSA) is 23.5 Å². The molecule has 88 valence electrons. The first kappa shape index (κ1) is 11.4. The number of β-amino-alcohol motifs (C(OH)–C–C–N with tert-alkyl or cyclic N) is 1. The molecule has 2 fully saturated rings. The van der Waals surface area contributed by atoms with Crippen molar-refractivity contribution in [2.75, 3.05) is 19.6 Å². The third kappa shape index (κ3) is 2.73. The van der Waals surface area contributed by atoms with E-state index in [0.717, 1.165) is 31.2 Å². The van der Waals surface area contributed by atoms with E-state index in [0.29, 0.717) is 0 Å². The lowest BCUT2D eigenvalue weighted by molar-refractivity contribution is -0.0223. The molecule has 0 spiro atoms. The van der Waals surface area contributed by atoms with E-state index in [9.17, 15) is 5.11 Å². The molecule has 0 amide bonds. The number of hydrogen-bond donors (Lipinski definition) is 1. The average molecular weight is 211 g/mol. The zero-order valence-electron chi connectivity index (χ0n) is 10.2. The molecule has 1 heterocycles. The lowest BCUT2D eigenvalue weighted by atomic mass is 9.84. The molecule has 1 aliphatic carbocycles. The molecule has 15 heavy (non-hydrogen) atoms. The molecule has 1 aliphatic heterocycles. The third-order valence-corrected chi connectivity index (χ3v) is 4.37. The van der Waals surface area contributed by atoms with E-state index in [1.165, 1.54) is 32.4 Å². The van der Waals surface area contributed by atoms with Crippen LogP contribution >= 0.6 is 0 Å². The highest BCUT2D eigenvalue weighted by molar-refractivity contribution is 4.89. The van der Waals surface area contributed by atoms with Crippen LogP contribution < -0.4 is 0 Å². The number of hydrogen-bond acceptors (Lipinski definition) is 2. The van der Waals surface area contributed by atoms with Crippen LogP contribution in [0.15, 0.2) is 0 Å². The van der Waals surface area contributed by atoms with Gasteiger partial charge in [-0.25, -0.2) is 0 Å². The van der Waals surface area contributed by atoms with Crippen LogP contribution in [-0.2, 0) is 0 Å². The molecule has 0 aromatic carbocycles. The molecule has 1 N–H and O–H groups in total. The SMILES string of the molecule is CC1CN(CC2(O)CCCCC2)CC1C. The van der Waals surface area contributed by atoms with Gasteiger partial charge in [0.05, 0.1) is 5.60 Å². The standard InChI is InChI=1S/C13H25NO/c1-11-8-14(9-12(11)2)10-13(15)6-4-3-5-7-13/h11-12,15H,3-10H2,1-2H3. The van der Waals surface area contributed by atoms with Crippen LogP contribution in [0.25, 0.3) is 0 Å². The Bertz CT molecular complexity index is 201. The minimum absolute atomic E-state index is 0.359. The second-order valence-electron chi connectivity index (χ2n) is 5.93. The Balaban J connectivity index is 1.86. The highest BCUT2D eigenvalue weighted by Crippen LogP contribution is 2.31. The van der Waals surface area contributed by atoms with Gasteiger partial charge in [-0.05, 0) is 24.7 Å². The normalized spacial score (nSPS) is 37.0. The molecule has 0 aromatic rings. The predicted molar refractivity (Wildman–Crippen MR) is 62.8 cm³/mol. The highest BCUT2D eigenvalue weighted by atomic mass is 16.3. The van der Waals surface area contributed by atoms with Crippen molar-refractivity contribution >= 4 is 0 Å². The molecule has 0 aromatic heterocycles. The number of nitrogens with zero attached hydrogens (tertiary/aromatic N) is 1. The molecule has 1 saturated carbocycles. The van der Waals surface area contributed by atoms with Crippen molar-refractivity contribution in [2.45, 2.75) is 51.6 Å². The first-order valence-corrected chi connectivity index (χ1v) is 6.54. The van der Waals surface area contributed by atoms with Gasteiger partial charge in [-0.15, -0.1) is 0 Å². The summed E-state index contributed by atoms with van der Waals surface area (Å²) in [7, 11) is 0. The second-order valence-corrected chi connectivity index (χ2v) is 5.93. The van der Waals surface area contributed by atoms with Crippen molar-refractivity contribution in [1.29, 1.82) is 0 Å². The van der Waals surface area contributed by atoms with Crippen molar-refractivity contribution < 1.29 is 5.11 Å². The number of aliphatic hydroxyl groups is 1. The van der Waals surface area contributed by atoms with Crippen LogP contribution in [0.2, 0.25) is 0 Å². The van der Waals surface area contributed by atoms with E-state index in [1.54, 1.807) is 0 Å². The van der Waals surface area contributed by atoms with Crippen molar-refractivity contribution in [3.8, 4) is 0 Å². The highest BCUT2D eigenvalue weighted by Gasteiger charge is 2.35. The van der Waals surface area contributed by atoms with Gasteiger partial charge in [-0.2, -0.15) is 0 Å². The van der Waals surface area contributed by atoms with Gasteiger partial charge in [0.15, 0.2) is 0 Å². The van der Waals surface area contributed by atoms with E-state index in [2.05, 4.69) is 18.7 Å². The minimum Gasteiger partial charge on any atom is -0.389 e. The first-order chi connectivity index (χ1) is 7.09. The molecule has 2 rings (SSSR count). The van der Waals surface area contributed by atoms with Gasteiger partial charge in [0.25, 0.3) is 0 Å². The van der Waals surface area contributed by atoms with Gasteiger partial charge in [0.2, 0.25) is 0 Å². The Hall–Kier alpha value is -0.0800.